The van der Waals surface area contributed by atoms with E-state index < -0.39 is 0 Å². The molecule has 0 N–H and O–H groups in total. The van der Waals surface area contributed by atoms with Gasteiger partial charge < -0.3 is 0 Å². The highest BCUT2D eigenvalue weighted by molar-refractivity contribution is 6.10. The minimum atomic E-state index is 0.0246. The van der Waals surface area contributed by atoms with Gasteiger partial charge in [-0.15, -0.1) is 0 Å². The number of rotatable bonds is 2. The zero-order valence-corrected chi connectivity index (χ0v) is 14.4. The summed E-state index contributed by atoms with van der Waals surface area (Å²) in [6.45, 7) is 0.517. The molecule has 1 aliphatic rings. The van der Waals surface area contributed by atoms with Crippen molar-refractivity contribution in [1.82, 2.24) is 0 Å². The predicted octanol–water partition coefficient (Wildman–Crippen LogP) is 4.58. The van der Waals surface area contributed by atoms with Gasteiger partial charge in [-0.1, -0.05) is 60.7 Å². The molecule has 0 amide bonds. The van der Waals surface area contributed by atoms with Gasteiger partial charge in [0.2, 0.25) is 0 Å². The molecule has 1 unspecified atom stereocenters. The van der Waals surface area contributed by atoms with Crippen LogP contribution in [0.2, 0.25) is 0 Å². The molecule has 0 saturated heterocycles. The summed E-state index contributed by atoms with van der Waals surface area (Å²) in [6.07, 6.45) is 12.5. The van der Waals surface area contributed by atoms with Crippen LogP contribution in [0.4, 0.5) is 0 Å². The molecule has 128 valence electrons. The smallest absolute Gasteiger partial charge is 0.0738 e. The third kappa shape index (κ3) is 5.31. The first-order valence-corrected chi connectivity index (χ1v) is 8.47. The van der Waals surface area contributed by atoms with E-state index in [1.54, 1.807) is 31.0 Å². The summed E-state index contributed by atoms with van der Waals surface area (Å²) in [7, 11) is 0. The maximum Gasteiger partial charge on any atom is 0.0738 e. The lowest BCUT2D eigenvalue weighted by Crippen LogP contribution is -2.02. The Balaban J connectivity index is 1.82. The van der Waals surface area contributed by atoms with Gasteiger partial charge in [0, 0.05) is 49.0 Å². The summed E-state index contributed by atoms with van der Waals surface area (Å²) in [6, 6.07) is 20.2. The Morgan fingerprint density at radius 1 is 0.731 bits per heavy atom. The molecule has 0 aliphatic carbocycles. The zero-order valence-electron chi connectivity index (χ0n) is 14.4. The minimum Gasteiger partial charge on any atom is -0.291 e. The third-order valence-corrected chi connectivity index (χ3v) is 3.76. The van der Waals surface area contributed by atoms with Gasteiger partial charge in [0.1, 0.15) is 0 Å². The van der Waals surface area contributed by atoms with E-state index in [0.717, 1.165) is 16.7 Å². The van der Waals surface area contributed by atoms with Gasteiger partial charge in [-0.25, -0.2) is 0 Å². The lowest BCUT2D eigenvalue weighted by atomic mass is 10.0. The van der Waals surface area contributed by atoms with Crippen molar-refractivity contribution in [2.45, 2.75) is 5.92 Å². The van der Waals surface area contributed by atoms with Crippen molar-refractivity contribution in [1.29, 1.82) is 0 Å². The summed E-state index contributed by atoms with van der Waals surface area (Å²) in [5.74, 6) is 0.0246. The van der Waals surface area contributed by atoms with E-state index in [4.69, 9.17) is 0 Å². The Morgan fingerprint density at radius 2 is 1.46 bits per heavy atom. The molecule has 2 aromatic carbocycles. The average Bonchev–Trinajstić information content (AvgIpc) is 2.71. The second-order valence-corrected chi connectivity index (χ2v) is 5.61. The van der Waals surface area contributed by atoms with E-state index in [-0.39, 0.29) is 5.92 Å². The Morgan fingerprint density at radius 3 is 2.27 bits per heavy atom. The maximum atomic E-state index is 4.46. The summed E-state index contributed by atoms with van der Waals surface area (Å²) >= 11 is 0. The lowest BCUT2D eigenvalue weighted by molar-refractivity contribution is 1.21. The van der Waals surface area contributed by atoms with Crippen LogP contribution in [0.5, 0.6) is 0 Å². The van der Waals surface area contributed by atoms with Crippen LogP contribution in [-0.2, 0) is 0 Å². The van der Waals surface area contributed by atoms with Crippen LogP contribution < -0.4 is 0 Å². The normalized spacial score (nSPS) is 17.7. The van der Waals surface area contributed by atoms with Gasteiger partial charge in [-0.2, -0.15) is 0 Å². The van der Waals surface area contributed by atoms with E-state index >= 15 is 0 Å². The number of benzene rings is 2. The SMILES string of the molecule is C1=CN=CC(c2ccccc2)C=NCC=NC=C(c2ccccc2)C=N1. The van der Waals surface area contributed by atoms with E-state index in [9.17, 15) is 0 Å². The van der Waals surface area contributed by atoms with Crippen molar-refractivity contribution in [2.24, 2.45) is 20.0 Å². The number of nitrogens with zero attached hydrogens (tertiary/aromatic N) is 4. The monoisotopic (exact) mass is 340 g/mol. The number of allylic oxidation sites excluding steroid dienone is 1. The fraction of sp³-hybridized carbons (Fsp3) is 0.0909. The third-order valence-electron chi connectivity index (χ3n) is 3.76. The summed E-state index contributed by atoms with van der Waals surface area (Å²) in [5.41, 5.74) is 3.14. The molecule has 0 radical (unpaired) electrons. The van der Waals surface area contributed by atoms with Crippen molar-refractivity contribution in [2.75, 3.05) is 6.54 Å². The Bertz CT molecular complexity index is 860. The van der Waals surface area contributed by atoms with Gasteiger partial charge in [-0.05, 0) is 11.1 Å². The van der Waals surface area contributed by atoms with Crippen molar-refractivity contribution in [3.63, 3.8) is 0 Å². The average molecular weight is 340 g/mol. The van der Waals surface area contributed by atoms with Crippen LogP contribution in [-0.4, -0.2) is 31.4 Å². The van der Waals surface area contributed by atoms with Gasteiger partial charge in [0.05, 0.1) is 12.5 Å². The highest BCUT2D eigenvalue weighted by Gasteiger charge is 2.04. The fourth-order valence-corrected chi connectivity index (χ4v) is 2.44. The number of aliphatic imine (C=N–C) groups is 4. The Kier molecular flexibility index (Phi) is 6.56. The fourth-order valence-electron chi connectivity index (χ4n) is 2.44. The quantitative estimate of drug-likeness (QED) is 0.768. The molecule has 0 aromatic heterocycles. The first-order valence-electron chi connectivity index (χ1n) is 8.47. The second-order valence-electron chi connectivity index (χ2n) is 5.61. The first kappa shape index (κ1) is 17.4. The molecule has 1 heterocycles. The molecule has 0 spiro atoms. The van der Waals surface area contributed by atoms with Crippen molar-refractivity contribution < 1.29 is 0 Å². The Hall–Kier alpha value is -3.40. The van der Waals surface area contributed by atoms with Gasteiger partial charge >= 0.3 is 0 Å². The molecule has 1 aliphatic heterocycles. The molecular weight excluding hydrogens is 320 g/mol. The molecule has 26 heavy (non-hydrogen) atoms. The number of hydrogen-bond acceptors (Lipinski definition) is 4. The molecule has 3 rings (SSSR count). The van der Waals surface area contributed by atoms with Crippen molar-refractivity contribution in [3.8, 4) is 0 Å². The van der Waals surface area contributed by atoms with Crippen LogP contribution in [0.25, 0.3) is 5.57 Å². The molecule has 2 aromatic rings. The summed E-state index contributed by atoms with van der Waals surface area (Å²) in [5, 5.41) is 0. The van der Waals surface area contributed by atoms with Crippen molar-refractivity contribution in [3.05, 3.63) is 90.4 Å². The van der Waals surface area contributed by atoms with Gasteiger partial charge in [-0.3, -0.25) is 20.0 Å². The maximum absolute atomic E-state index is 4.46. The van der Waals surface area contributed by atoms with Crippen LogP contribution in [0.1, 0.15) is 17.0 Å². The van der Waals surface area contributed by atoms with Crippen LogP contribution in [0, 0.1) is 0 Å². The van der Waals surface area contributed by atoms with Crippen molar-refractivity contribution >= 4 is 30.4 Å². The zero-order chi connectivity index (χ0) is 17.9. The molecule has 0 fully saturated rings. The lowest BCUT2D eigenvalue weighted by Gasteiger charge is -2.06. The van der Waals surface area contributed by atoms with Crippen LogP contribution in [0.15, 0.2) is 99.2 Å². The molecule has 0 saturated carbocycles. The largest absolute Gasteiger partial charge is 0.291 e. The van der Waals surface area contributed by atoms with E-state index in [1.165, 1.54) is 0 Å². The summed E-state index contributed by atoms with van der Waals surface area (Å²) in [4.78, 5) is 17.5. The van der Waals surface area contributed by atoms with Crippen LogP contribution in [0.3, 0.4) is 0 Å². The van der Waals surface area contributed by atoms with E-state index in [2.05, 4.69) is 32.1 Å². The molecule has 1 atom stereocenters. The standard InChI is InChI=1S/C22H20N4/c1-3-7-19(8-4-1)21-15-23-11-13-25-17-22(18-26-14-12-24-16-21)20-9-5-2-6-10-20/h1-13,15-18,22H,14H2. The Labute approximate surface area is 153 Å². The topological polar surface area (TPSA) is 49.4 Å². The van der Waals surface area contributed by atoms with Gasteiger partial charge in [0.25, 0.3) is 0 Å². The predicted molar refractivity (Wildman–Crippen MR) is 112 cm³/mol. The second kappa shape index (κ2) is 9.79. The highest BCUT2D eigenvalue weighted by atomic mass is 14.8. The molecular formula is C22H20N4. The molecule has 4 nitrogen and oxygen atoms in total. The number of hydrogen-bond donors (Lipinski definition) is 0. The minimum absolute atomic E-state index is 0.0246. The van der Waals surface area contributed by atoms with E-state index in [1.807, 2.05) is 61.0 Å². The van der Waals surface area contributed by atoms with Crippen LogP contribution >= 0.6 is 0 Å². The van der Waals surface area contributed by atoms with E-state index in [0.29, 0.717) is 6.54 Å². The first-order chi connectivity index (χ1) is 12.9. The molecule has 4 heteroatoms. The van der Waals surface area contributed by atoms with Gasteiger partial charge in [0.15, 0.2) is 0 Å². The molecule has 0 bridgehead atoms. The highest BCUT2D eigenvalue weighted by Crippen LogP contribution is 2.13. The summed E-state index contributed by atoms with van der Waals surface area (Å²) < 4.78 is 0.